The van der Waals surface area contributed by atoms with Gasteiger partial charge in [-0.2, -0.15) is 5.10 Å². The minimum Gasteiger partial charge on any atom is -0.344 e. The summed E-state index contributed by atoms with van der Waals surface area (Å²) in [6.07, 6.45) is 5.84. The van der Waals surface area contributed by atoms with E-state index < -0.39 is 0 Å². The number of nitrogens with one attached hydrogen (secondary N) is 1. The minimum atomic E-state index is 0.756. The van der Waals surface area contributed by atoms with Gasteiger partial charge in [0.05, 0.1) is 17.9 Å². The second-order valence-electron chi connectivity index (χ2n) is 5.58. The van der Waals surface area contributed by atoms with Crippen molar-refractivity contribution in [2.24, 2.45) is 0 Å². The fourth-order valence-electron chi connectivity index (χ4n) is 2.56. The number of rotatable bonds is 7. The zero-order chi connectivity index (χ0) is 13.9. The third-order valence-electron chi connectivity index (χ3n) is 3.98. The smallest absolute Gasteiger partial charge is 0.0642 e. The van der Waals surface area contributed by atoms with E-state index in [1.165, 1.54) is 29.9 Å². The molecule has 2 heterocycles. The van der Waals surface area contributed by atoms with Crippen LogP contribution in [0, 0.1) is 0 Å². The molecule has 2 aromatic rings. The van der Waals surface area contributed by atoms with E-state index in [0.717, 1.165) is 32.1 Å². The first-order valence-corrected chi connectivity index (χ1v) is 7.73. The minimum absolute atomic E-state index is 0.756. The molecule has 1 N–H and O–H groups in total. The van der Waals surface area contributed by atoms with E-state index in [0.29, 0.717) is 0 Å². The molecule has 0 aromatic carbocycles. The Morgan fingerprint density at radius 1 is 1.30 bits per heavy atom. The van der Waals surface area contributed by atoms with Gasteiger partial charge >= 0.3 is 0 Å². The van der Waals surface area contributed by atoms with Gasteiger partial charge in [-0.15, -0.1) is 0 Å². The van der Waals surface area contributed by atoms with E-state index in [-0.39, 0.29) is 0 Å². The van der Waals surface area contributed by atoms with Crippen molar-refractivity contribution in [3.05, 3.63) is 41.5 Å². The van der Waals surface area contributed by atoms with E-state index in [2.05, 4.69) is 57.9 Å². The summed E-state index contributed by atoms with van der Waals surface area (Å²) in [6.45, 7) is 7.13. The van der Waals surface area contributed by atoms with Crippen LogP contribution in [0.5, 0.6) is 0 Å². The van der Waals surface area contributed by atoms with Gasteiger partial charge in [-0.1, -0.05) is 6.92 Å². The van der Waals surface area contributed by atoms with Gasteiger partial charge in [0.25, 0.3) is 0 Å². The molecule has 4 heteroatoms. The molecule has 108 valence electrons. The van der Waals surface area contributed by atoms with Crippen molar-refractivity contribution >= 4 is 0 Å². The third kappa shape index (κ3) is 2.96. The van der Waals surface area contributed by atoms with Crippen molar-refractivity contribution in [2.45, 2.75) is 58.8 Å². The zero-order valence-electron chi connectivity index (χ0n) is 12.5. The van der Waals surface area contributed by atoms with Gasteiger partial charge in [0.2, 0.25) is 0 Å². The van der Waals surface area contributed by atoms with Gasteiger partial charge in [0.1, 0.15) is 0 Å². The number of hydrogen-bond acceptors (Lipinski definition) is 2. The van der Waals surface area contributed by atoms with Crippen LogP contribution in [0.15, 0.2) is 24.4 Å². The SMILES string of the molecule is CCc1cc(Cn2cccc2CNC2CC2)n(CC)n1. The van der Waals surface area contributed by atoms with Crippen molar-refractivity contribution in [3.63, 3.8) is 0 Å². The summed E-state index contributed by atoms with van der Waals surface area (Å²) < 4.78 is 4.45. The quantitative estimate of drug-likeness (QED) is 0.840. The summed E-state index contributed by atoms with van der Waals surface area (Å²) in [6, 6.07) is 7.34. The number of aromatic nitrogens is 3. The van der Waals surface area contributed by atoms with Crippen molar-refractivity contribution in [1.82, 2.24) is 19.7 Å². The Morgan fingerprint density at radius 2 is 2.15 bits per heavy atom. The summed E-state index contributed by atoms with van der Waals surface area (Å²) in [7, 11) is 0. The molecule has 0 amide bonds. The first kappa shape index (κ1) is 13.4. The Bertz CT molecular complexity index is 563. The lowest BCUT2D eigenvalue weighted by atomic mass is 10.3. The van der Waals surface area contributed by atoms with E-state index in [1.807, 2.05) is 0 Å². The molecule has 4 nitrogen and oxygen atoms in total. The molecule has 1 fully saturated rings. The molecule has 0 unspecified atom stereocenters. The predicted molar refractivity (Wildman–Crippen MR) is 80.7 cm³/mol. The highest BCUT2D eigenvalue weighted by Gasteiger charge is 2.20. The molecule has 0 spiro atoms. The molecular formula is C16H24N4. The van der Waals surface area contributed by atoms with Gasteiger partial charge < -0.3 is 9.88 Å². The average molecular weight is 272 g/mol. The Hall–Kier alpha value is -1.55. The van der Waals surface area contributed by atoms with Gasteiger partial charge in [-0.3, -0.25) is 4.68 Å². The Balaban J connectivity index is 1.73. The summed E-state index contributed by atoms with van der Waals surface area (Å²) in [5.74, 6) is 0. The zero-order valence-corrected chi connectivity index (χ0v) is 12.5. The number of aryl methyl sites for hydroxylation is 2. The predicted octanol–water partition coefficient (Wildman–Crippen LogP) is 2.57. The summed E-state index contributed by atoms with van der Waals surface area (Å²) in [4.78, 5) is 0. The lowest BCUT2D eigenvalue weighted by Crippen LogP contribution is -2.18. The third-order valence-corrected chi connectivity index (χ3v) is 3.98. The molecular weight excluding hydrogens is 248 g/mol. The van der Waals surface area contributed by atoms with Crippen LogP contribution in [-0.2, 0) is 26.1 Å². The van der Waals surface area contributed by atoms with Crippen LogP contribution in [0.25, 0.3) is 0 Å². The molecule has 0 atom stereocenters. The molecule has 0 radical (unpaired) electrons. The molecule has 2 aromatic heterocycles. The van der Waals surface area contributed by atoms with Crippen LogP contribution in [0.4, 0.5) is 0 Å². The van der Waals surface area contributed by atoms with Crippen molar-refractivity contribution in [1.29, 1.82) is 0 Å². The summed E-state index contributed by atoms with van der Waals surface area (Å²) in [5.41, 5.74) is 3.85. The fraction of sp³-hybridized carbons (Fsp3) is 0.562. The average Bonchev–Trinajstić information content (AvgIpc) is 3.05. The lowest BCUT2D eigenvalue weighted by Gasteiger charge is -2.11. The van der Waals surface area contributed by atoms with E-state index in [9.17, 15) is 0 Å². The maximum atomic E-state index is 4.63. The van der Waals surface area contributed by atoms with Crippen LogP contribution in [-0.4, -0.2) is 20.4 Å². The normalized spacial score (nSPS) is 14.9. The maximum absolute atomic E-state index is 4.63. The standard InChI is InChI=1S/C16H24N4/c1-3-13-10-16(20(4-2)18-13)12-19-9-5-6-15(19)11-17-14-7-8-14/h5-6,9-10,14,17H,3-4,7-8,11-12H2,1-2H3. The van der Waals surface area contributed by atoms with Gasteiger partial charge in [-0.05, 0) is 44.4 Å². The molecule has 1 aliphatic rings. The first-order chi connectivity index (χ1) is 9.80. The van der Waals surface area contributed by atoms with E-state index >= 15 is 0 Å². The molecule has 0 saturated heterocycles. The molecule has 1 aliphatic carbocycles. The van der Waals surface area contributed by atoms with E-state index in [4.69, 9.17) is 0 Å². The molecule has 0 bridgehead atoms. The highest BCUT2D eigenvalue weighted by Crippen LogP contribution is 2.19. The largest absolute Gasteiger partial charge is 0.344 e. The molecule has 20 heavy (non-hydrogen) atoms. The first-order valence-electron chi connectivity index (χ1n) is 7.73. The molecule has 0 aliphatic heterocycles. The van der Waals surface area contributed by atoms with E-state index in [1.54, 1.807) is 0 Å². The Kier molecular flexibility index (Phi) is 3.92. The highest BCUT2D eigenvalue weighted by atomic mass is 15.3. The highest BCUT2D eigenvalue weighted by molar-refractivity contribution is 5.15. The number of hydrogen-bond donors (Lipinski definition) is 1. The topological polar surface area (TPSA) is 34.8 Å². The van der Waals surface area contributed by atoms with Gasteiger partial charge in [0, 0.05) is 31.0 Å². The summed E-state index contributed by atoms with van der Waals surface area (Å²) in [5, 5.41) is 8.22. The lowest BCUT2D eigenvalue weighted by molar-refractivity contribution is 0.577. The molecule has 3 rings (SSSR count). The van der Waals surface area contributed by atoms with Crippen molar-refractivity contribution in [3.8, 4) is 0 Å². The van der Waals surface area contributed by atoms with Gasteiger partial charge in [-0.25, -0.2) is 0 Å². The summed E-state index contributed by atoms with van der Waals surface area (Å²) >= 11 is 0. The van der Waals surface area contributed by atoms with Crippen molar-refractivity contribution in [2.75, 3.05) is 0 Å². The Morgan fingerprint density at radius 3 is 2.85 bits per heavy atom. The van der Waals surface area contributed by atoms with Crippen LogP contribution >= 0.6 is 0 Å². The van der Waals surface area contributed by atoms with Crippen molar-refractivity contribution < 1.29 is 0 Å². The maximum Gasteiger partial charge on any atom is 0.0642 e. The van der Waals surface area contributed by atoms with Gasteiger partial charge in [0.15, 0.2) is 0 Å². The second kappa shape index (κ2) is 5.83. The molecule has 1 saturated carbocycles. The second-order valence-corrected chi connectivity index (χ2v) is 5.58. The van der Waals surface area contributed by atoms with Crippen LogP contribution in [0.2, 0.25) is 0 Å². The monoisotopic (exact) mass is 272 g/mol. The number of nitrogens with zero attached hydrogens (tertiary/aromatic N) is 3. The fourth-order valence-corrected chi connectivity index (χ4v) is 2.56. The van der Waals surface area contributed by atoms with Crippen LogP contribution in [0.1, 0.15) is 43.8 Å². The van der Waals surface area contributed by atoms with Crippen LogP contribution < -0.4 is 5.32 Å². The van der Waals surface area contributed by atoms with Crippen LogP contribution in [0.3, 0.4) is 0 Å². The Labute approximate surface area is 120 Å².